The molecule has 21 heavy (non-hydrogen) atoms. The molecule has 1 aromatic carbocycles. The SMILES string of the molecule is CCCNC(C)c1cccn1Cc1cccc(C#N)c1F. The van der Waals surface area contributed by atoms with Gasteiger partial charge in [0, 0.05) is 23.5 Å². The van der Waals surface area contributed by atoms with Crippen LogP contribution in [0.3, 0.4) is 0 Å². The molecular weight excluding hydrogens is 265 g/mol. The fourth-order valence-electron chi connectivity index (χ4n) is 2.40. The van der Waals surface area contributed by atoms with E-state index in [2.05, 4.69) is 19.2 Å². The maximum absolute atomic E-state index is 14.1. The topological polar surface area (TPSA) is 40.8 Å². The standard InChI is InChI=1S/C17H20FN3/c1-3-9-20-13(2)16-8-5-10-21(16)12-15-7-4-6-14(11-19)17(15)18/h4-8,10,13,20H,3,9,12H2,1-2H3. The van der Waals surface area contributed by atoms with E-state index in [1.165, 1.54) is 6.07 Å². The second kappa shape index (κ2) is 7.05. The third kappa shape index (κ3) is 3.50. The van der Waals surface area contributed by atoms with Crippen molar-refractivity contribution in [2.45, 2.75) is 32.9 Å². The van der Waals surface area contributed by atoms with Crippen LogP contribution >= 0.6 is 0 Å². The molecule has 0 aliphatic rings. The number of halogens is 1. The molecule has 1 atom stereocenters. The number of nitriles is 1. The van der Waals surface area contributed by atoms with Crippen molar-refractivity contribution < 1.29 is 4.39 Å². The molecule has 0 spiro atoms. The van der Waals surface area contributed by atoms with Crippen LogP contribution in [0.2, 0.25) is 0 Å². The molecule has 1 N–H and O–H groups in total. The number of benzene rings is 1. The van der Waals surface area contributed by atoms with Gasteiger partial charge in [-0.25, -0.2) is 4.39 Å². The van der Waals surface area contributed by atoms with Crippen LogP contribution in [-0.2, 0) is 6.54 Å². The van der Waals surface area contributed by atoms with E-state index >= 15 is 0 Å². The van der Waals surface area contributed by atoms with E-state index < -0.39 is 5.82 Å². The summed E-state index contributed by atoms with van der Waals surface area (Å²) in [7, 11) is 0. The summed E-state index contributed by atoms with van der Waals surface area (Å²) < 4.78 is 16.2. The Hall–Kier alpha value is -2.12. The minimum absolute atomic E-state index is 0.0957. The van der Waals surface area contributed by atoms with E-state index in [4.69, 9.17) is 5.26 Å². The first kappa shape index (κ1) is 15.3. The van der Waals surface area contributed by atoms with E-state index in [1.807, 2.05) is 29.0 Å². The minimum atomic E-state index is -0.422. The summed E-state index contributed by atoms with van der Waals surface area (Å²) in [6, 6.07) is 11.0. The molecule has 4 heteroatoms. The summed E-state index contributed by atoms with van der Waals surface area (Å²) in [5.74, 6) is -0.422. The normalized spacial score (nSPS) is 12.1. The first-order valence-electron chi connectivity index (χ1n) is 7.23. The smallest absolute Gasteiger partial charge is 0.145 e. The summed E-state index contributed by atoms with van der Waals surface area (Å²) in [6.45, 7) is 5.61. The molecule has 0 aliphatic carbocycles. The Morgan fingerprint density at radius 3 is 2.86 bits per heavy atom. The van der Waals surface area contributed by atoms with Crippen LogP contribution in [0.15, 0.2) is 36.5 Å². The van der Waals surface area contributed by atoms with E-state index in [-0.39, 0.29) is 11.6 Å². The lowest BCUT2D eigenvalue weighted by Gasteiger charge is -2.17. The summed E-state index contributed by atoms with van der Waals surface area (Å²) in [6.07, 6.45) is 3.02. The Balaban J connectivity index is 2.22. The molecule has 0 aliphatic heterocycles. The summed E-state index contributed by atoms with van der Waals surface area (Å²) in [5.41, 5.74) is 1.75. The maximum Gasteiger partial charge on any atom is 0.145 e. The number of aromatic nitrogens is 1. The van der Waals surface area contributed by atoms with Crippen molar-refractivity contribution in [3.63, 3.8) is 0 Å². The van der Waals surface area contributed by atoms with E-state index in [9.17, 15) is 4.39 Å². The van der Waals surface area contributed by atoms with Crippen LogP contribution in [0.5, 0.6) is 0 Å². The lowest BCUT2D eigenvalue weighted by Crippen LogP contribution is -2.22. The van der Waals surface area contributed by atoms with Crippen LogP contribution in [0, 0.1) is 17.1 Å². The Morgan fingerprint density at radius 2 is 2.14 bits per heavy atom. The number of hydrogen-bond donors (Lipinski definition) is 1. The zero-order valence-corrected chi connectivity index (χ0v) is 12.4. The van der Waals surface area contributed by atoms with E-state index in [1.54, 1.807) is 12.1 Å². The molecule has 1 aromatic heterocycles. The van der Waals surface area contributed by atoms with Gasteiger partial charge in [-0.3, -0.25) is 0 Å². The van der Waals surface area contributed by atoms with Crippen LogP contribution < -0.4 is 5.32 Å². The second-order valence-corrected chi connectivity index (χ2v) is 5.13. The molecule has 2 aromatic rings. The average molecular weight is 285 g/mol. The van der Waals surface area contributed by atoms with Gasteiger partial charge in [0.05, 0.1) is 12.1 Å². The predicted octanol–water partition coefficient (Wildman–Crippen LogP) is 3.61. The highest BCUT2D eigenvalue weighted by Gasteiger charge is 2.12. The molecule has 2 rings (SSSR count). The monoisotopic (exact) mass is 285 g/mol. The van der Waals surface area contributed by atoms with Gasteiger partial charge in [-0.15, -0.1) is 0 Å². The first-order chi connectivity index (χ1) is 10.2. The van der Waals surface area contributed by atoms with Gasteiger partial charge in [0.2, 0.25) is 0 Å². The lowest BCUT2D eigenvalue weighted by molar-refractivity contribution is 0.528. The molecular formula is C17H20FN3. The molecule has 0 bridgehead atoms. The number of rotatable bonds is 6. The molecule has 110 valence electrons. The van der Waals surface area contributed by atoms with Gasteiger partial charge >= 0.3 is 0 Å². The van der Waals surface area contributed by atoms with Gasteiger partial charge in [-0.05, 0) is 38.1 Å². The van der Waals surface area contributed by atoms with Gasteiger partial charge in [0.15, 0.2) is 0 Å². The third-order valence-electron chi connectivity index (χ3n) is 3.55. The number of hydrogen-bond acceptors (Lipinski definition) is 2. The summed E-state index contributed by atoms with van der Waals surface area (Å²) in [4.78, 5) is 0. The molecule has 0 saturated carbocycles. The molecule has 0 amide bonds. The first-order valence-corrected chi connectivity index (χ1v) is 7.23. The Kier molecular flexibility index (Phi) is 5.13. The highest BCUT2D eigenvalue weighted by molar-refractivity contribution is 5.35. The molecule has 0 saturated heterocycles. The highest BCUT2D eigenvalue weighted by atomic mass is 19.1. The van der Waals surface area contributed by atoms with Crippen LogP contribution in [-0.4, -0.2) is 11.1 Å². The molecule has 1 unspecified atom stereocenters. The number of nitrogens with one attached hydrogen (secondary N) is 1. The second-order valence-electron chi connectivity index (χ2n) is 5.13. The zero-order valence-electron chi connectivity index (χ0n) is 12.4. The van der Waals surface area contributed by atoms with Crippen LogP contribution in [0.1, 0.15) is 43.1 Å². The number of nitrogens with zero attached hydrogens (tertiary/aromatic N) is 2. The van der Waals surface area contributed by atoms with Crippen molar-refractivity contribution in [1.29, 1.82) is 5.26 Å². The highest BCUT2D eigenvalue weighted by Crippen LogP contribution is 2.18. The van der Waals surface area contributed by atoms with Crippen molar-refractivity contribution in [3.05, 3.63) is 59.2 Å². The quantitative estimate of drug-likeness (QED) is 0.881. The van der Waals surface area contributed by atoms with Crippen molar-refractivity contribution >= 4 is 0 Å². The van der Waals surface area contributed by atoms with Gasteiger partial charge in [0.25, 0.3) is 0 Å². The molecule has 0 radical (unpaired) electrons. The van der Waals surface area contributed by atoms with E-state index in [0.29, 0.717) is 12.1 Å². The van der Waals surface area contributed by atoms with Crippen molar-refractivity contribution in [3.8, 4) is 6.07 Å². The average Bonchev–Trinajstić information content (AvgIpc) is 2.95. The zero-order chi connectivity index (χ0) is 15.2. The Bertz CT molecular complexity index is 640. The molecule has 1 heterocycles. The predicted molar refractivity (Wildman–Crippen MR) is 81.4 cm³/mol. The molecule has 3 nitrogen and oxygen atoms in total. The fourth-order valence-corrected chi connectivity index (χ4v) is 2.40. The Morgan fingerprint density at radius 1 is 1.33 bits per heavy atom. The third-order valence-corrected chi connectivity index (χ3v) is 3.55. The maximum atomic E-state index is 14.1. The van der Waals surface area contributed by atoms with Gasteiger partial charge in [-0.1, -0.05) is 19.1 Å². The largest absolute Gasteiger partial charge is 0.345 e. The Labute approximate surface area is 125 Å². The fraction of sp³-hybridized carbons (Fsp3) is 0.353. The molecule has 0 fully saturated rings. The van der Waals surface area contributed by atoms with Crippen molar-refractivity contribution in [2.75, 3.05) is 6.54 Å². The van der Waals surface area contributed by atoms with Crippen LogP contribution in [0.4, 0.5) is 4.39 Å². The van der Waals surface area contributed by atoms with Crippen LogP contribution in [0.25, 0.3) is 0 Å². The summed E-state index contributed by atoms with van der Waals surface area (Å²) in [5, 5.41) is 12.3. The van der Waals surface area contributed by atoms with Crippen molar-refractivity contribution in [2.24, 2.45) is 0 Å². The van der Waals surface area contributed by atoms with Crippen molar-refractivity contribution in [1.82, 2.24) is 9.88 Å². The lowest BCUT2D eigenvalue weighted by atomic mass is 10.1. The minimum Gasteiger partial charge on any atom is -0.345 e. The van der Waals surface area contributed by atoms with E-state index in [0.717, 1.165) is 18.7 Å². The van der Waals surface area contributed by atoms with Gasteiger partial charge in [0.1, 0.15) is 11.9 Å². The summed E-state index contributed by atoms with van der Waals surface area (Å²) >= 11 is 0. The van der Waals surface area contributed by atoms with Gasteiger partial charge in [-0.2, -0.15) is 5.26 Å². The van der Waals surface area contributed by atoms with Gasteiger partial charge < -0.3 is 9.88 Å².